The molecule has 3 aromatic rings. The van der Waals surface area contributed by atoms with Crippen LogP contribution in [0.1, 0.15) is 10.4 Å². The fourth-order valence-electron chi connectivity index (χ4n) is 2.19. The summed E-state index contributed by atoms with van der Waals surface area (Å²) in [6.45, 7) is 0. The van der Waals surface area contributed by atoms with E-state index in [0.29, 0.717) is 0 Å². The lowest BCUT2D eigenvalue weighted by Crippen LogP contribution is -2.30. The Hall–Kier alpha value is -2.12. The summed E-state index contributed by atoms with van der Waals surface area (Å²) in [5.74, 6) is -0.682. The fourth-order valence-corrected chi connectivity index (χ4v) is 3.13. The van der Waals surface area contributed by atoms with Gasteiger partial charge in [0.25, 0.3) is 15.9 Å². The number of carbonyl (C=O) groups is 1. The molecule has 0 spiro atoms. The van der Waals surface area contributed by atoms with Crippen LogP contribution in [0.2, 0.25) is 0 Å². The minimum atomic E-state index is -3.93. The third-order valence-electron chi connectivity index (χ3n) is 3.43. The standard InChI is InChI=1S/C18H14N2O3S.3ClH/c21-18(20-24(22,23)17-7-4-12-19-13-17)16-10-8-15(9-11-16)14-5-2-1-3-6-14;;;/h1-13H,(H,20,21);3*1H. The minimum Gasteiger partial charge on any atom is -0.268 e. The first-order valence-corrected chi connectivity index (χ1v) is 8.67. The summed E-state index contributed by atoms with van der Waals surface area (Å²) in [6.07, 6.45) is 2.65. The zero-order valence-electron chi connectivity index (χ0n) is 13.8. The van der Waals surface area contributed by atoms with Crippen LogP contribution in [0.5, 0.6) is 0 Å². The van der Waals surface area contributed by atoms with Gasteiger partial charge in [-0.25, -0.2) is 13.1 Å². The first-order valence-electron chi connectivity index (χ1n) is 7.19. The Bertz CT molecular complexity index is 952. The van der Waals surface area contributed by atoms with Crippen LogP contribution in [0.3, 0.4) is 0 Å². The lowest BCUT2D eigenvalue weighted by atomic mass is 10.0. The van der Waals surface area contributed by atoms with Gasteiger partial charge in [-0.1, -0.05) is 42.5 Å². The maximum atomic E-state index is 12.2. The van der Waals surface area contributed by atoms with E-state index in [1.165, 1.54) is 24.5 Å². The van der Waals surface area contributed by atoms with Crippen LogP contribution in [-0.2, 0) is 10.0 Å². The van der Waals surface area contributed by atoms with Gasteiger partial charge in [0.1, 0.15) is 4.90 Å². The maximum Gasteiger partial charge on any atom is 0.265 e. The first kappa shape index (κ1) is 24.9. The number of carbonyl (C=O) groups excluding carboxylic acids is 1. The van der Waals surface area contributed by atoms with Crippen molar-refractivity contribution in [2.24, 2.45) is 0 Å². The molecule has 0 saturated carbocycles. The average molecular weight is 448 g/mol. The zero-order valence-corrected chi connectivity index (χ0v) is 17.1. The van der Waals surface area contributed by atoms with E-state index in [9.17, 15) is 13.2 Å². The van der Waals surface area contributed by atoms with Crippen LogP contribution in [-0.4, -0.2) is 19.3 Å². The van der Waals surface area contributed by atoms with Crippen LogP contribution >= 0.6 is 37.2 Å². The fraction of sp³-hybridized carbons (Fsp3) is 0. The molecule has 1 N–H and O–H groups in total. The summed E-state index contributed by atoms with van der Waals surface area (Å²) in [5, 5.41) is 0. The van der Waals surface area contributed by atoms with Gasteiger partial charge in [0.15, 0.2) is 0 Å². The highest BCUT2D eigenvalue weighted by atomic mass is 35.5. The molecule has 144 valence electrons. The quantitative estimate of drug-likeness (QED) is 0.652. The third kappa shape index (κ3) is 6.22. The number of rotatable bonds is 4. The van der Waals surface area contributed by atoms with Gasteiger partial charge in [-0.15, -0.1) is 37.2 Å². The molecule has 27 heavy (non-hydrogen) atoms. The van der Waals surface area contributed by atoms with E-state index in [4.69, 9.17) is 0 Å². The van der Waals surface area contributed by atoms with E-state index in [0.717, 1.165) is 11.1 Å². The normalized spacial score (nSPS) is 9.78. The van der Waals surface area contributed by atoms with Gasteiger partial charge in [0.2, 0.25) is 0 Å². The largest absolute Gasteiger partial charge is 0.268 e. The maximum absolute atomic E-state index is 12.2. The van der Waals surface area contributed by atoms with E-state index < -0.39 is 15.9 Å². The lowest BCUT2D eigenvalue weighted by molar-refractivity contribution is 0.0981. The number of nitrogens with zero attached hydrogens (tertiary/aromatic N) is 1. The Kier molecular flexibility index (Phi) is 10.0. The molecule has 0 aliphatic carbocycles. The molecule has 9 heteroatoms. The van der Waals surface area contributed by atoms with E-state index in [-0.39, 0.29) is 47.7 Å². The molecule has 0 unspecified atom stereocenters. The molecule has 2 aromatic carbocycles. The van der Waals surface area contributed by atoms with Gasteiger partial charge in [0.05, 0.1) is 0 Å². The van der Waals surface area contributed by atoms with Crippen molar-refractivity contribution in [1.82, 2.24) is 9.71 Å². The Morgan fingerprint density at radius 3 is 1.93 bits per heavy atom. The van der Waals surface area contributed by atoms with Crippen molar-refractivity contribution >= 4 is 53.2 Å². The zero-order chi connectivity index (χ0) is 17.0. The SMILES string of the molecule is Cl.Cl.Cl.O=C(NS(=O)(=O)c1cccnc1)c1ccc(-c2ccccc2)cc1. The predicted octanol–water partition coefficient (Wildman–Crippen LogP) is 4.13. The number of sulfonamides is 1. The summed E-state index contributed by atoms with van der Waals surface area (Å²) in [4.78, 5) is 15.9. The van der Waals surface area contributed by atoms with E-state index >= 15 is 0 Å². The van der Waals surface area contributed by atoms with E-state index in [1.807, 2.05) is 35.1 Å². The molecule has 1 heterocycles. The summed E-state index contributed by atoms with van der Waals surface area (Å²) in [6, 6.07) is 19.3. The van der Waals surface area contributed by atoms with Crippen LogP contribution in [0, 0.1) is 0 Å². The number of nitrogens with one attached hydrogen (secondary N) is 1. The van der Waals surface area contributed by atoms with Gasteiger partial charge >= 0.3 is 0 Å². The molecule has 0 saturated heterocycles. The Labute approximate surface area is 176 Å². The van der Waals surface area contributed by atoms with Crippen molar-refractivity contribution in [2.75, 3.05) is 0 Å². The highest BCUT2D eigenvalue weighted by Crippen LogP contribution is 2.19. The smallest absolute Gasteiger partial charge is 0.265 e. The highest BCUT2D eigenvalue weighted by Gasteiger charge is 2.18. The van der Waals surface area contributed by atoms with Crippen molar-refractivity contribution in [3.8, 4) is 11.1 Å². The summed E-state index contributed by atoms with van der Waals surface area (Å²) in [7, 11) is -3.93. The summed E-state index contributed by atoms with van der Waals surface area (Å²) < 4.78 is 26.3. The third-order valence-corrected chi connectivity index (χ3v) is 4.74. The van der Waals surface area contributed by atoms with Gasteiger partial charge < -0.3 is 0 Å². The molecule has 5 nitrogen and oxygen atoms in total. The molecule has 0 aliphatic rings. The molecular weight excluding hydrogens is 431 g/mol. The number of aromatic nitrogens is 1. The molecule has 0 radical (unpaired) electrons. The molecule has 3 rings (SSSR count). The summed E-state index contributed by atoms with van der Waals surface area (Å²) >= 11 is 0. The van der Waals surface area contributed by atoms with Crippen molar-refractivity contribution in [3.63, 3.8) is 0 Å². The van der Waals surface area contributed by atoms with Crippen molar-refractivity contribution < 1.29 is 13.2 Å². The molecular formula is C18H17Cl3N2O3S. The number of hydrogen-bond donors (Lipinski definition) is 1. The molecule has 0 fully saturated rings. The minimum absolute atomic E-state index is 0. The van der Waals surface area contributed by atoms with Gasteiger partial charge in [-0.2, -0.15) is 0 Å². The topological polar surface area (TPSA) is 76.1 Å². The van der Waals surface area contributed by atoms with Crippen molar-refractivity contribution in [3.05, 3.63) is 84.7 Å². The number of pyridine rings is 1. The number of amides is 1. The van der Waals surface area contributed by atoms with Gasteiger partial charge in [-0.3, -0.25) is 9.78 Å². The van der Waals surface area contributed by atoms with Crippen LogP contribution in [0.25, 0.3) is 11.1 Å². The van der Waals surface area contributed by atoms with Crippen LogP contribution in [0.15, 0.2) is 84.0 Å². The number of hydrogen-bond acceptors (Lipinski definition) is 4. The molecule has 1 amide bonds. The van der Waals surface area contributed by atoms with Crippen LogP contribution < -0.4 is 4.72 Å². The van der Waals surface area contributed by atoms with Gasteiger partial charge in [-0.05, 0) is 35.4 Å². The molecule has 1 aromatic heterocycles. The van der Waals surface area contributed by atoms with Crippen molar-refractivity contribution in [2.45, 2.75) is 4.90 Å². The summed E-state index contributed by atoms with van der Waals surface area (Å²) in [5.41, 5.74) is 2.23. The van der Waals surface area contributed by atoms with Gasteiger partial charge in [0, 0.05) is 18.0 Å². The Morgan fingerprint density at radius 2 is 1.37 bits per heavy atom. The predicted molar refractivity (Wildman–Crippen MR) is 113 cm³/mol. The second-order valence-corrected chi connectivity index (χ2v) is 6.75. The Balaban J connectivity index is 0.00000225. The van der Waals surface area contributed by atoms with Crippen LogP contribution in [0.4, 0.5) is 0 Å². The molecule has 0 atom stereocenters. The first-order chi connectivity index (χ1) is 11.6. The van der Waals surface area contributed by atoms with E-state index in [1.54, 1.807) is 24.3 Å². The number of benzene rings is 2. The second kappa shape index (κ2) is 10.9. The number of halogens is 3. The second-order valence-electron chi connectivity index (χ2n) is 5.07. The monoisotopic (exact) mass is 446 g/mol. The lowest BCUT2D eigenvalue weighted by Gasteiger charge is -2.07. The van der Waals surface area contributed by atoms with E-state index in [2.05, 4.69) is 4.98 Å². The van der Waals surface area contributed by atoms with Crippen molar-refractivity contribution in [1.29, 1.82) is 0 Å². The Morgan fingerprint density at radius 1 is 0.778 bits per heavy atom. The average Bonchev–Trinajstić information content (AvgIpc) is 2.63. The molecule has 0 bridgehead atoms. The highest BCUT2D eigenvalue weighted by molar-refractivity contribution is 7.90. The molecule has 0 aliphatic heterocycles.